The summed E-state index contributed by atoms with van der Waals surface area (Å²) >= 11 is 5.22. The number of benzene rings is 2. The van der Waals surface area contributed by atoms with Crippen molar-refractivity contribution >= 4 is 34.8 Å². The number of ether oxygens (including phenoxy) is 1. The maximum Gasteiger partial charge on any atom is 0.257 e. The van der Waals surface area contributed by atoms with Crippen molar-refractivity contribution in [2.24, 2.45) is 5.92 Å². The van der Waals surface area contributed by atoms with Crippen LogP contribution in [-0.2, 0) is 6.54 Å². The number of anilines is 1. The van der Waals surface area contributed by atoms with Gasteiger partial charge in [0.15, 0.2) is 5.11 Å². The van der Waals surface area contributed by atoms with Gasteiger partial charge in [-0.05, 0) is 78.8 Å². The molecule has 0 aliphatic rings. The Hall–Kier alpha value is -3.65. The summed E-state index contributed by atoms with van der Waals surface area (Å²) in [5.74, 6) is 1.27. The highest BCUT2D eigenvalue weighted by Gasteiger charge is 2.10. The molecule has 8 heteroatoms. The Morgan fingerprint density at radius 3 is 2.25 bits per heavy atom. The number of furan rings is 1. The molecular formula is C24H25N3O4S. The summed E-state index contributed by atoms with van der Waals surface area (Å²) in [5.41, 5.74) is 1.61. The fourth-order valence-electron chi connectivity index (χ4n) is 2.69. The van der Waals surface area contributed by atoms with Crippen molar-refractivity contribution in [3.8, 4) is 5.75 Å². The summed E-state index contributed by atoms with van der Waals surface area (Å²) in [6, 6.07) is 17.2. The molecule has 0 spiro atoms. The van der Waals surface area contributed by atoms with Crippen molar-refractivity contribution in [1.29, 1.82) is 0 Å². The first kappa shape index (κ1) is 23.0. The molecule has 166 valence electrons. The first-order chi connectivity index (χ1) is 15.4. The Labute approximate surface area is 192 Å². The van der Waals surface area contributed by atoms with Crippen LogP contribution in [0.1, 0.15) is 40.3 Å². The molecule has 3 rings (SSSR count). The number of hydrogen-bond donors (Lipinski definition) is 3. The Balaban J connectivity index is 1.47. The fourth-order valence-corrected chi connectivity index (χ4v) is 2.90. The Bertz CT molecular complexity index is 1050. The van der Waals surface area contributed by atoms with Gasteiger partial charge >= 0.3 is 0 Å². The van der Waals surface area contributed by atoms with Crippen LogP contribution >= 0.6 is 12.2 Å². The smallest absolute Gasteiger partial charge is 0.257 e. The van der Waals surface area contributed by atoms with Crippen molar-refractivity contribution in [2.45, 2.75) is 20.4 Å². The highest BCUT2D eigenvalue weighted by Crippen LogP contribution is 2.14. The average molecular weight is 452 g/mol. The van der Waals surface area contributed by atoms with E-state index in [4.69, 9.17) is 21.4 Å². The molecule has 2 aromatic carbocycles. The lowest BCUT2D eigenvalue weighted by atomic mass is 10.2. The number of thiocarbonyl (C=S) groups is 1. The van der Waals surface area contributed by atoms with Gasteiger partial charge in [0.25, 0.3) is 11.8 Å². The number of amides is 2. The van der Waals surface area contributed by atoms with Crippen molar-refractivity contribution in [3.63, 3.8) is 0 Å². The molecule has 3 aromatic rings. The molecule has 0 aliphatic heterocycles. The topological polar surface area (TPSA) is 92.6 Å². The highest BCUT2D eigenvalue weighted by atomic mass is 32.1. The van der Waals surface area contributed by atoms with E-state index < -0.39 is 0 Å². The van der Waals surface area contributed by atoms with Gasteiger partial charge in [-0.25, -0.2) is 0 Å². The lowest BCUT2D eigenvalue weighted by Crippen LogP contribution is -2.34. The van der Waals surface area contributed by atoms with Gasteiger partial charge in [-0.15, -0.1) is 0 Å². The summed E-state index contributed by atoms with van der Waals surface area (Å²) in [6.07, 6.45) is 1.56. The highest BCUT2D eigenvalue weighted by molar-refractivity contribution is 7.80. The predicted molar refractivity (Wildman–Crippen MR) is 127 cm³/mol. The van der Waals surface area contributed by atoms with Crippen LogP contribution in [0.5, 0.6) is 5.75 Å². The molecule has 0 bridgehead atoms. The zero-order valence-electron chi connectivity index (χ0n) is 17.9. The van der Waals surface area contributed by atoms with Crippen molar-refractivity contribution in [1.82, 2.24) is 10.6 Å². The number of rotatable bonds is 8. The zero-order valence-corrected chi connectivity index (χ0v) is 18.7. The summed E-state index contributed by atoms with van der Waals surface area (Å²) in [7, 11) is 0. The predicted octanol–water partition coefficient (Wildman–Crippen LogP) is 4.37. The molecule has 32 heavy (non-hydrogen) atoms. The molecule has 1 heterocycles. The van der Waals surface area contributed by atoms with Crippen LogP contribution in [0.2, 0.25) is 0 Å². The summed E-state index contributed by atoms with van der Waals surface area (Å²) in [4.78, 5) is 24.6. The van der Waals surface area contributed by atoms with Gasteiger partial charge in [-0.3, -0.25) is 14.9 Å². The van der Waals surface area contributed by atoms with Crippen molar-refractivity contribution < 1.29 is 18.7 Å². The van der Waals surface area contributed by atoms with Gasteiger partial charge in [0.1, 0.15) is 11.5 Å². The lowest BCUT2D eigenvalue weighted by molar-refractivity contribution is 0.0946. The summed E-state index contributed by atoms with van der Waals surface area (Å²) < 4.78 is 10.8. The first-order valence-electron chi connectivity index (χ1n) is 10.2. The Morgan fingerprint density at radius 1 is 0.969 bits per heavy atom. The molecule has 0 aliphatic carbocycles. The van der Waals surface area contributed by atoms with Crippen molar-refractivity contribution in [2.75, 3.05) is 11.9 Å². The third-order valence-electron chi connectivity index (χ3n) is 4.34. The van der Waals surface area contributed by atoms with E-state index in [9.17, 15) is 9.59 Å². The molecule has 0 unspecified atom stereocenters. The minimum Gasteiger partial charge on any atom is -0.493 e. The maximum atomic E-state index is 12.4. The molecule has 7 nitrogen and oxygen atoms in total. The van der Waals surface area contributed by atoms with E-state index >= 15 is 0 Å². The van der Waals surface area contributed by atoms with Crippen LogP contribution in [0.15, 0.2) is 71.3 Å². The SMILES string of the molecule is CC(C)COc1ccc(C(=O)NC(=S)Nc2ccc(C(=O)NCc3ccco3)cc2)cc1. The normalized spacial score (nSPS) is 10.5. The van der Waals surface area contributed by atoms with E-state index in [0.29, 0.717) is 47.4 Å². The quantitative estimate of drug-likeness (QED) is 0.441. The van der Waals surface area contributed by atoms with E-state index in [-0.39, 0.29) is 16.9 Å². The third kappa shape index (κ3) is 6.95. The molecule has 1 aromatic heterocycles. The number of nitrogens with one attached hydrogen (secondary N) is 3. The second-order valence-corrected chi connectivity index (χ2v) is 7.89. The maximum absolute atomic E-state index is 12.4. The largest absolute Gasteiger partial charge is 0.493 e. The second-order valence-electron chi connectivity index (χ2n) is 7.48. The van der Waals surface area contributed by atoms with Crippen molar-refractivity contribution in [3.05, 3.63) is 83.8 Å². The van der Waals surface area contributed by atoms with Crippen LogP contribution in [0.3, 0.4) is 0 Å². The van der Waals surface area contributed by atoms with E-state index in [1.165, 1.54) is 0 Å². The van der Waals surface area contributed by atoms with Crippen LogP contribution < -0.4 is 20.7 Å². The van der Waals surface area contributed by atoms with Crippen LogP contribution in [0.25, 0.3) is 0 Å². The Morgan fingerprint density at radius 2 is 1.62 bits per heavy atom. The molecule has 0 saturated heterocycles. The second kappa shape index (κ2) is 11.1. The van der Waals surface area contributed by atoms with E-state index in [1.54, 1.807) is 66.9 Å². The average Bonchev–Trinajstić information content (AvgIpc) is 3.30. The zero-order chi connectivity index (χ0) is 22.9. The van der Waals surface area contributed by atoms with E-state index in [1.807, 2.05) is 0 Å². The number of carbonyl (C=O) groups excluding carboxylic acids is 2. The standard InChI is InChI=1S/C24H25N3O4S/c1-16(2)15-31-20-11-7-18(8-12-20)23(29)27-24(32)26-19-9-5-17(6-10-19)22(28)25-14-21-4-3-13-30-21/h3-13,16H,14-15H2,1-2H3,(H,25,28)(H2,26,27,29,32). The minimum absolute atomic E-state index is 0.158. The van der Waals surface area contributed by atoms with Gasteiger partial charge in [-0.1, -0.05) is 13.8 Å². The lowest BCUT2D eigenvalue weighted by Gasteiger charge is -2.11. The minimum atomic E-state index is -0.327. The molecule has 0 atom stereocenters. The van der Waals surface area contributed by atoms with Crippen LogP contribution in [-0.4, -0.2) is 23.5 Å². The monoisotopic (exact) mass is 451 g/mol. The van der Waals surface area contributed by atoms with Crippen LogP contribution in [0, 0.1) is 5.92 Å². The fraction of sp³-hybridized carbons (Fsp3) is 0.208. The molecular weight excluding hydrogens is 426 g/mol. The molecule has 2 amide bonds. The van der Waals surface area contributed by atoms with Gasteiger partial charge in [0, 0.05) is 16.8 Å². The molecule has 0 radical (unpaired) electrons. The molecule has 3 N–H and O–H groups in total. The number of hydrogen-bond acceptors (Lipinski definition) is 5. The summed E-state index contributed by atoms with van der Waals surface area (Å²) in [5, 5.41) is 8.51. The van der Waals surface area contributed by atoms with Gasteiger partial charge in [0.2, 0.25) is 0 Å². The van der Waals surface area contributed by atoms with E-state index in [0.717, 1.165) is 0 Å². The number of carbonyl (C=O) groups is 2. The third-order valence-corrected chi connectivity index (χ3v) is 4.54. The van der Waals surface area contributed by atoms with Gasteiger partial charge in [0.05, 0.1) is 19.4 Å². The molecule has 0 saturated carbocycles. The van der Waals surface area contributed by atoms with Crippen LogP contribution in [0.4, 0.5) is 5.69 Å². The summed E-state index contributed by atoms with van der Waals surface area (Å²) in [6.45, 7) is 5.07. The first-order valence-corrected chi connectivity index (χ1v) is 10.6. The Kier molecular flexibility index (Phi) is 7.99. The van der Waals surface area contributed by atoms with Gasteiger partial charge in [-0.2, -0.15) is 0 Å². The van der Waals surface area contributed by atoms with Gasteiger partial charge < -0.3 is 19.8 Å². The van der Waals surface area contributed by atoms with E-state index in [2.05, 4.69) is 29.8 Å². The molecule has 0 fully saturated rings.